The van der Waals surface area contributed by atoms with E-state index in [1.165, 1.54) is 0 Å². The third-order valence-electron chi connectivity index (χ3n) is 2.81. The lowest BCUT2D eigenvalue weighted by Crippen LogP contribution is -2.27. The average molecular weight is 273 g/mol. The number of ether oxygens (including phenoxy) is 1. The highest BCUT2D eigenvalue weighted by molar-refractivity contribution is 6.04. The minimum absolute atomic E-state index is 0.00129. The van der Waals surface area contributed by atoms with E-state index in [0.29, 0.717) is 11.1 Å². The minimum atomic E-state index is -0.353. The van der Waals surface area contributed by atoms with Crippen LogP contribution in [0.25, 0.3) is 10.8 Å². The maximum Gasteiger partial charge on any atom is 0.250 e. The highest BCUT2D eigenvalue weighted by Gasteiger charge is 2.13. The standard InChI is InChI=1S/C16H19NO3/c1-16(2,3)20-10-15(19)17-13-8-4-7-12-11(13)6-5-9-14(12)18/h4-9,18H,10H2,1-3H3,(H,17,19). The van der Waals surface area contributed by atoms with Crippen molar-refractivity contribution in [2.45, 2.75) is 26.4 Å². The van der Waals surface area contributed by atoms with Crippen molar-refractivity contribution in [1.29, 1.82) is 0 Å². The van der Waals surface area contributed by atoms with E-state index < -0.39 is 0 Å². The Morgan fingerprint density at radius 1 is 1.15 bits per heavy atom. The lowest BCUT2D eigenvalue weighted by Gasteiger charge is -2.19. The number of phenolic OH excluding ortho intramolecular Hbond substituents is 1. The summed E-state index contributed by atoms with van der Waals surface area (Å²) in [5.41, 5.74) is 0.315. The zero-order valence-corrected chi connectivity index (χ0v) is 11.9. The Hall–Kier alpha value is -2.07. The van der Waals surface area contributed by atoms with Gasteiger partial charge in [0.1, 0.15) is 12.4 Å². The number of carbonyl (C=O) groups excluding carboxylic acids is 1. The molecule has 0 saturated carbocycles. The fourth-order valence-corrected chi connectivity index (χ4v) is 1.87. The number of hydrogen-bond donors (Lipinski definition) is 2. The first kappa shape index (κ1) is 14.3. The molecule has 0 atom stereocenters. The normalized spacial score (nSPS) is 11.6. The Balaban J connectivity index is 2.18. The average Bonchev–Trinajstić information content (AvgIpc) is 2.37. The molecular formula is C16H19NO3. The van der Waals surface area contributed by atoms with Gasteiger partial charge in [-0.3, -0.25) is 4.79 Å². The van der Waals surface area contributed by atoms with E-state index in [9.17, 15) is 9.90 Å². The number of phenols is 1. The van der Waals surface area contributed by atoms with Crippen LogP contribution in [0.4, 0.5) is 5.69 Å². The van der Waals surface area contributed by atoms with E-state index >= 15 is 0 Å². The van der Waals surface area contributed by atoms with E-state index in [1.54, 1.807) is 24.3 Å². The number of fused-ring (bicyclic) bond motifs is 1. The van der Waals surface area contributed by atoms with Crippen LogP contribution in [-0.4, -0.2) is 23.2 Å². The summed E-state index contributed by atoms with van der Waals surface area (Å²) in [6, 6.07) is 10.6. The lowest BCUT2D eigenvalue weighted by molar-refractivity contribution is -0.125. The van der Waals surface area contributed by atoms with Gasteiger partial charge < -0.3 is 15.2 Å². The Morgan fingerprint density at radius 3 is 2.50 bits per heavy atom. The molecule has 0 unspecified atom stereocenters. The Kier molecular flexibility index (Phi) is 3.95. The Morgan fingerprint density at radius 2 is 1.80 bits per heavy atom. The van der Waals surface area contributed by atoms with Crippen molar-refractivity contribution < 1.29 is 14.6 Å². The molecule has 0 heterocycles. The molecule has 4 heteroatoms. The van der Waals surface area contributed by atoms with Gasteiger partial charge in [-0.1, -0.05) is 24.3 Å². The summed E-state index contributed by atoms with van der Waals surface area (Å²) >= 11 is 0. The molecule has 2 rings (SSSR count). The van der Waals surface area contributed by atoms with E-state index in [0.717, 1.165) is 5.39 Å². The SMILES string of the molecule is CC(C)(C)OCC(=O)Nc1cccc2c(O)cccc12. The van der Waals surface area contributed by atoms with E-state index in [2.05, 4.69) is 5.32 Å². The minimum Gasteiger partial charge on any atom is -0.507 e. The number of aromatic hydroxyl groups is 1. The molecule has 0 aliphatic heterocycles. The van der Waals surface area contributed by atoms with Gasteiger partial charge in [0, 0.05) is 16.5 Å². The monoisotopic (exact) mass is 273 g/mol. The highest BCUT2D eigenvalue weighted by atomic mass is 16.5. The number of benzene rings is 2. The number of carbonyl (C=O) groups is 1. The molecule has 0 aliphatic carbocycles. The van der Waals surface area contributed by atoms with Gasteiger partial charge in [-0.2, -0.15) is 0 Å². The quantitative estimate of drug-likeness (QED) is 0.902. The summed E-state index contributed by atoms with van der Waals surface area (Å²) in [5, 5.41) is 14.1. The third kappa shape index (κ3) is 3.48. The van der Waals surface area contributed by atoms with Gasteiger partial charge in [0.25, 0.3) is 0 Å². The molecule has 2 aromatic carbocycles. The highest BCUT2D eigenvalue weighted by Crippen LogP contribution is 2.29. The van der Waals surface area contributed by atoms with Gasteiger partial charge in [0.15, 0.2) is 0 Å². The van der Waals surface area contributed by atoms with Crippen LogP contribution in [-0.2, 0) is 9.53 Å². The summed E-state index contributed by atoms with van der Waals surface area (Å²) in [7, 11) is 0. The predicted molar refractivity (Wildman–Crippen MR) is 79.9 cm³/mol. The van der Waals surface area contributed by atoms with Gasteiger partial charge in [0.05, 0.1) is 5.60 Å². The molecule has 106 valence electrons. The van der Waals surface area contributed by atoms with Crippen LogP contribution in [0.5, 0.6) is 5.75 Å². The molecule has 4 nitrogen and oxygen atoms in total. The summed E-state index contributed by atoms with van der Waals surface area (Å²) < 4.78 is 5.44. The van der Waals surface area contributed by atoms with Gasteiger partial charge in [-0.05, 0) is 32.9 Å². The van der Waals surface area contributed by atoms with Crippen molar-refractivity contribution in [2.24, 2.45) is 0 Å². The molecule has 0 spiro atoms. The second kappa shape index (κ2) is 5.51. The fourth-order valence-electron chi connectivity index (χ4n) is 1.87. The van der Waals surface area contributed by atoms with Crippen molar-refractivity contribution in [1.82, 2.24) is 0 Å². The van der Waals surface area contributed by atoms with Crippen molar-refractivity contribution in [3.8, 4) is 5.75 Å². The molecule has 0 bridgehead atoms. The molecule has 1 amide bonds. The van der Waals surface area contributed by atoms with Gasteiger partial charge in [-0.25, -0.2) is 0 Å². The summed E-state index contributed by atoms with van der Waals surface area (Å²) in [4.78, 5) is 11.9. The molecule has 0 fully saturated rings. The van der Waals surface area contributed by atoms with Crippen molar-refractivity contribution in [3.63, 3.8) is 0 Å². The number of anilines is 1. The van der Waals surface area contributed by atoms with Crippen molar-refractivity contribution in [2.75, 3.05) is 11.9 Å². The molecule has 0 aromatic heterocycles. The maximum atomic E-state index is 11.9. The smallest absolute Gasteiger partial charge is 0.250 e. The molecular weight excluding hydrogens is 254 g/mol. The van der Waals surface area contributed by atoms with Gasteiger partial charge in [-0.15, -0.1) is 0 Å². The van der Waals surface area contributed by atoms with Crippen molar-refractivity contribution >= 4 is 22.4 Å². The number of rotatable bonds is 3. The van der Waals surface area contributed by atoms with Crippen LogP contribution in [0.1, 0.15) is 20.8 Å². The van der Waals surface area contributed by atoms with E-state index in [-0.39, 0.29) is 23.9 Å². The zero-order chi connectivity index (χ0) is 14.8. The largest absolute Gasteiger partial charge is 0.507 e. The Bertz CT molecular complexity index is 629. The van der Waals surface area contributed by atoms with Crippen LogP contribution >= 0.6 is 0 Å². The van der Waals surface area contributed by atoms with Crippen molar-refractivity contribution in [3.05, 3.63) is 36.4 Å². The first-order chi connectivity index (χ1) is 9.37. The fraction of sp³-hybridized carbons (Fsp3) is 0.312. The third-order valence-corrected chi connectivity index (χ3v) is 2.81. The topological polar surface area (TPSA) is 58.6 Å². The van der Waals surface area contributed by atoms with E-state index in [4.69, 9.17) is 4.74 Å². The molecule has 0 saturated heterocycles. The van der Waals surface area contributed by atoms with Gasteiger partial charge >= 0.3 is 0 Å². The second-order valence-electron chi connectivity index (χ2n) is 5.63. The van der Waals surface area contributed by atoms with Gasteiger partial charge in [0.2, 0.25) is 5.91 Å². The molecule has 2 N–H and O–H groups in total. The first-order valence-electron chi connectivity index (χ1n) is 6.51. The van der Waals surface area contributed by atoms with Crippen LogP contribution in [0.15, 0.2) is 36.4 Å². The molecule has 2 aromatic rings. The molecule has 20 heavy (non-hydrogen) atoms. The lowest BCUT2D eigenvalue weighted by atomic mass is 10.1. The summed E-state index contributed by atoms with van der Waals surface area (Å²) in [6.45, 7) is 5.70. The maximum absolute atomic E-state index is 11.9. The zero-order valence-electron chi connectivity index (χ0n) is 11.9. The van der Waals surface area contributed by atoms with Crippen LogP contribution in [0.3, 0.4) is 0 Å². The molecule has 0 radical (unpaired) electrons. The second-order valence-corrected chi connectivity index (χ2v) is 5.63. The van der Waals surface area contributed by atoms with Crippen LogP contribution < -0.4 is 5.32 Å². The molecule has 0 aliphatic rings. The number of amides is 1. The Labute approximate surface area is 118 Å². The number of hydrogen-bond acceptors (Lipinski definition) is 3. The van der Waals surface area contributed by atoms with Crippen LogP contribution in [0, 0.1) is 0 Å². The first-order valence-corrected chi connectivity index (χ1v) is 6.51. The number of nitrogens with one attached hydrogen (secondary N) is 1. The van der Waals surface area contributed by atoms with Crippen LogP contribution in [0.2, 0.25) is 0 Å². The predicted octanol–water partition coefficient (Wildman–Crippen LogP) is 3.30. The summed E-state index contributed by atoms with van der Waals surface area (Å²) in [6.07, 6.45) is 0. The van der Waals surface area contributed by atoms with E-state index in [1.807, 2.05) is 32.9 Å². The summed E-state index contributed by atoms with van der Waals surface area (Å²) in [5.74, 6) is -0.0136.